The second kappa shape index (κ2) is 6.34. The fourth-order valence-electron chi connectivity index (χ4n) is 3.14. The van der Waals surface area contributed by atoms with Crippen molar-refractivity contribution in [1.82, 2.24) is 0 Å². The lowest BCUT2D eigenvalue weighted by Crippen LogP contribution is -2.33. The molecule has 2 aromatic rings. The summed E-state index contributed by atoms with van der Waals surface area (Å²) in [5, 5.41) is 3.66. The Morgan fingerprint density at radius 1 is 0.952 bits per heavy atom. The van der Waals surface area contributed by atoms with Gasteiger partial charge in [0.05, 0.1) is 0 Å². The summed E-state index contributed by atoms with van der Waals surface area (Å²) in [4.78, 5) is 0. The molecule has 0 aromatic heterocycles. The lowest BCUT2D eigenvalue weighted by Gasteiger charge is -2.37. The van der Waals surface area contributed by atoms with Crippen LogP contribution in [0.5, 0.6) is 0 Å². The number of benzene rings is 2. The molecule has 0 saturated heterocycles. The molecule has 0 spiro atoms. The molecule has 0 radical (unpaired) electrons. The fraction of sp³-hybridized carbons (Fsp3) is 0.400. The van der Waals surface area contributed by atoms with Crippen molar-refractivity contribution < 1.29 is 0 Å². The molecule has 0 atom stereocenters. The maximum atomic E-state index is 3.66. The summed E-state index contributed by atoms with van der Waals surface area (Å²) in [7, 11) is 0. The molecule has 1 heteroatoms. The van der Waals surface area contributed by atoms with Crippen molar-refractivity contribution in [1.29, 1.82) is 0 Å². The summed E-state index contributed by atoms with van der Waals surface area (Å²) in [6.07, 6.45) is 4.90. The quantitative estimate of drug-likeness (QED) is 0.782. The number of anilines is 1. The molecule has 1 fully saturated rings. The van der Waals surface area contributed by atoms with Gasteiger partial charge in [0.25, 0.3) is 0 Å². The van der Waals surface area contributed by atoms with E-state index in [1.807, 2.05) is 0 Å². The molecule has 1 saturated carbocycles. The van der Waals surface area contributed by atoms with E-state index < -0.39 is 0 Å². The van der Waals surface area contributed by atoms with Crippen LogP contribution < -0.4 is 5.32 Å². The highest BCUT2D eigenvalue weighted by molar-refractivity contribution is 5.46. The van der Waals surface area contributed by atoms with E-state index in [1.54, 1.807) is 0 Å². The monoisotopic (exact) mass is 279 g/mol. The first-order chi connectivity index (χ1) is 10.2. The number of hydrogen-bond donors (Lipinski definition) is 1. The van der Waals surface area contributed by atoms with E-state index in [0.29, 0.717) is 6.04 Å². The molecule has 1 aliphatic rings. The van der Waals surface area contributed by atoms with E-state index in [9.17, 15) is 0 Å². The normalized spacial score (nSPS) is 20.9. The number of nitrogens with one attached hydrogen (secondary N) is 1. The van der Waals surface area contributed by atoms with Crippen LogP contribution in [0.25, 0.3) is 0 Å². The van der Waals surface area contributed by atoms with Gasteiger partial charge in [-0.2, -0.15) is 0 Å². The molecule has 1 N–H and O–H groups in total. The molecule has 0 heterocycles. The topological polar surface area (TPSA) is 12.0 Å². The average Bonchev–Trinajstić information content (AvgIpc) is 2.46. The summed E-state index contributed by atoms with van der Waals surface area (Å²) >= 11 is 0. The van der Waals surface area contributed by atoms with E-state index in [-0.39, 0.29) is 0 Å². The Hall–Kier alpha value is -1.76. The van der Waals surface area contributed by atoms with Crippen LogP contribution >= 0.6 is 0 Å². The summed E-state index contributed by atoms with van der Waals surface area (Å²) in [6, 6.07) is 18.6. The van der Waals surface area contributed by atoms with Crippen LogP contribution in [0.2, 0.25) is 0 Å². The van der Waals surface area contributed by atoms with Crippen LogP contribution in [0.1, 0.15) is 48.8 Å². The lowest BCUT2D eigenvalue weighted by atomic mass is 9.75. The molecule has 0 amide bonds. The van der Waals surface area contributed by atoms with Crippen LogP contribution in [-0.2, 0) is 6.42 Å². The molecule has 0 bridgehead atoms. The fourth-order valence-corrected chi connectivity index (χ4v) is 3.14. The van der Waals surface area contributed by atoms with E-state index in [0.717, 1.165) is 5.92 Å². The molecule has 1 aliphatic carbocycles. The third kappa shape index (κ3) is 3.47. The van der Waals surface area contributed by atoms with E-state index in [4.69, 9.17) is 0 Å². The van der Waals surface area contributed by atoms with Crippen molar-refractivity contribution in [2.45, 2.75) is 51.5 Å². The second-order valence-electron chi connectivity index (χ2n) is 6.37. The zero-order chi connectivity index (χ0) is 14.7. The maximum Gasteiger partial charge on any atom is 0.0342 e. The molecule has 2 aromatic carbocycles. The molecular formula is C20H25N. The first-order valence-corrected chi connectivity index (χ1v) is 8.16. The number of hydrogen-bond acceptors (Lipinski definition) is 1. The number of aryl methyl sites for hydroxylation is 2. The van der Waals surface area contributed by atoms with Gasteiger partial charge in [0, 0.05) is 11.7 Å². The van der Waals surface area contributed by atoms with Crippen molar-refractivity contribution in [3.8, 4) is 0 Å². The van der Waals surface area contributed by atoms with Gasteiger partial charge in [0.2, 0.25) is 0 Å². The van der Waals surface area contributed by atoms with Crippen molar-refractivity contribution in [2.24, 2.45) is 0 Å². The summed E-state index contributed by atoms with van der Waals surface area (Å²) in [6.45, 7) is 4.38. The minimum Gasteiger partial charge on any atom is -0.382 e. The zero-order valence-corrected chi connectivity index (χ0v) is 13.1. The van der Waals surface area contributed by atoms with Gasteiger partial charge in [0.1, 0.15) is 0 Å². The predicted molar refractivity (Wildman–Crippen MR) is 91.0 cm³/mol. The standard InChI is InChI=1S/C20H25N/c1-3-4-16-7-11-19(12-8-16)21-20-13-18(14-20)17-9-5-15(2)6-10-17/h5-12,18,20-21H,3-4,13-14H2,1-2H3. The summed E-state index contributed by atoms with van der Waals surface area (Å²) < 4.78 is 0. The average molecular weight is 279 g/mol. The minimum atomic E-state index is 0.633. The lowest BCUT2D eigenvalue weighted by molar-refractivity contribution is 0.374. The van der Waals surface area contributed by atoms with Crippen molar-refractivity contribution in [3.05, 3.63) is 65.2 Å². The SMILES string of the molecule is CCCc1ccc(NC2CC(c3ccc(C)cc3)C2)cc1. The van der Waals surface area contributed by atoms with Crippen LogP contribution in [-0.4, -0.2) is 6.04 Å². The molecule has 0 unspecified atom stereocenters. The Bertz CT molecular complexity index is 562. The Labute approximate surface area is 128 Å². The molecule has 1 nitrogen and oxygen atoms in total. The van der Waals surface area contributed by atoms with Crippen LogP contribution in [0, 0.1) is 6.92 Å². The van der Waals surface area contributed by atoms with E-state index >= 15 is 0 Å². The highest BCUT2D eigenvalue weighted by Crippen LogP contribution is 2.38. The van der Waals surface area contributed by atoms with Gasteiger partial charge < -0.3 is 5.32 Å². The van der Waals surface area contributed by atoms with Crippen LogP contribution in [0.3, 0.4) is 0 Å². The summed E-state index contributed by atoms with van der Waals surface area (Å²) in [5.41, 5.74) is 5.55. The van der Waals surface area contributed by atoms with Crippen LogP contribution in [0.15, 0.2) is 48.5 Å². The van der Waals surface area contributed by atoms with E-state index in [2.05, 4.69) is 67.7 Å². The van der Waals surface area contributed by atoms with Gasteiger partial charge >= 0.3 is 0 Å². The Kier molecular flexibility index (Phi) is 4.28. The molecule has 3 rings (SSSR count). The highest BCUT2D eigenvalue weighted by Gasteiger charge is 2.29. The zero-order valence-electron chi connectivity index (χ0n) is 13.1. The largest absolute Gasteiger partial charge is 0.382 e. The van der Waals surface area contributed by atoms with E-state index in [1.165, 1.54) is 48.1 Å². The number of rotatable bonds is 5. The Morgan fingerprint density at radius 2 is 1.62 bits per heavy atom. The second-order valence-corrected chi connectivity index (χ2v) is 6.37. The first-order valence-electron chi connectivity index (χ1n) is 8.16. The van der Waals surface area contributed by atoms with Crippen molar-refractivity contribution >= 4 is 5.69 Å². The van der Waals surface area contributed by atoms with Gasteiger partial charge in [-0.3, -0.25) is 0 Å². The van der Waals surface area contributed by atoms with Crippen molar-refractivity contribution in [3.63, 3.8) is 0 Å². The van der Waals surface area contributed by atoms with Crippen molar-refractivity contribution in [2.75, 3.05) is 5.32 Å². The van der Waals surface area contributed by atoms with Crippen LogP contribution in [0.4, 0.5) is 5.69 Å². The third-order valence-corrected chi connectivity index (χ3v) is 4.55. The molecule has 21 heavy (non-hydrogen) atoms. The molecule has 110 valence electrons. The van der Waals surface area contributed by atoms with Gasteiger partial charge in [-0.25, -0.2) is 0 Å². The van der Waals surface area contributed by atoms with Gasteiger partial charge in [0.15, 0.2) is 0 Å². The smallest absolute Gasteiger partial charge is 0.0342 e. The van der Waals surface area contributed by atoms with Gasteiger partial charge in [-0.15, -0.1) is 0 Å². The minimum absolute atomic E-state index is 0.633. The third-order valence-electron chi connectivity index (χ3n) is 4.55. The highest BCUT2D eigenvalue weighted by atomic mass is 14.9. The summed E-state index contributed by atoms with van der Waals surface area (Å²) in [5.74, 6) is 0.738. The maximum absolute atomic E-state index is 3.66. The molecule has 0 aliphatic heterocycles. The first kappa shape index (κ1) is 14.2. The predicted octanol–water partition coefficient (Wildman–Crippen LogP) is 5.31. The van der Waals surface area contributed by atoms with Gasteiger partial charge in [-0.1, -0.05) is 55.3 Å². The Morgan fingerprint density at radius 3 is 2.24 bits per heavy atom. The van der Waals surface area contributed by atoms with Gasteiger partial charge in [-0.05, 0) is 55.4 Å². The molecular weight excluding hydrogens is 254 g/mol. The Balaban J connectivity index is 1.51.